The number of aromatic nitrogens is 2. The van der Waals surface area contributed by atoms with Crippen LogP contribution in [0.1, 0.15) is 70.7 Å². The smallest absolute Gasteiger partial charge is 0.246 e. The van der Waals surface area contributed by atoms with E-state index in [1.54, 1.807) is 0 Å². The average Bonchev–Trinajstić information content (AvgIpc) is 2.90. The molecule has 1 atom stereocenters. The highest BCUT2D eigenvalue weighted by Crippen LogP contribution is 2.38. The fourth-order valence-corrected chi connectivity index (χ4v) is 2.74. The normalized spacial score (nSPS) is 29.4. The van der Waals surface area contributed by atoms with Crippen LogP contribution in [0.4, 0.5) is 0 Å². The summed E-state index contributed by atoms with van der Waals surface area (Å²) in [5.41, 5.74) is 6.01. The molecule has 2 N–H and O–H groups in total. The Kier molecular flexibility index (Phi) is 4.58. The molecule has 1 unspecified atom stereocenters. The van der Waals surface area contributed by atoms with Crippen molar-refractivity contribution in [3.63, 3.8) is 0 Å². The first-order chi connectivity index (χ1) is 9.09. The molecule has 0 aromatic carbocycles. The van der Waals surface area contributed by atoms with E-state index in [1.165, 1.54) is 6.42 Å². The summed E-state index contributed by atoms with van der Waals surface area (Å²) in [5, 5.41) is 4.00. The number of rotatable bonds is 5. The molecule has 1 aliphatic carbocycles. The zero-order valence-corrected chi connectivity index (χ0v) is 12.2. The zero-order chi connectivity index (χ0) is 13.9. The van der Waals surface area contributed by atoms with E-state index >= 15 is 0 Å². The highest BCUT2D eigenvalue weighted by molar-refractivity contribution is 5.05. The van der Waals surface area contributed by atoms with Gasteiger partial charge in [-0.25, -0.2) is 0 Å². The van der Waals surface area contributed by atoms with E-state index in [1.807, 2.05) is 13.8 Å². The number of hydrogen-bond acceptors (Lipinski definition) is 5. The molecule has 0 spiro atoms. The fourth-order valence-electron chi connectivity index (χ4n) is 2.74. The molecule has 0 amide bonds. The maximum absolute atomic E-state index is 6.45. The average molecular weight is 267 g/mol. The van der Waals surface area contributed by atoms with Crippen molar-refractivity contribution in [3.05, 3.63) is 11.7 Å². The van der Waals surface area contributed by atoms with Crippen LogP contribution in [0, 0.1) is 5.92 Å². The number of nitrogens with two attached hydrogens (primary N) is 1. The molecule has 1 heterocycles. The summed E-state index contributed by atoms with van der Waals surface area (Å²) in [4.78, 5) is 4.45. The molecular formula is C14H25N3O2. The predicted molar refractivity (Wildman–Crippen MR) is 72.5 cm³/mol. The number of nitrogens with zero attached hydrogens (tertiary/aromatic N) is 2. The molecule has 1 fully saturated rings. The van der Waals surface area contributed by atoms with Crippen molar-refractivity contribution in [3.8, 4) is 0 Å². The van der Waals surface area contributed by atoms with Crippen LogP contribution in [0.5, 0.6) is 0 Å². The third-order valence-corrected chi connectivity index (χ3v) is 4.22. The maximum atomic E-state index is 6.45. The summed E-state index contributed by atoms with van der Waals surface area (Å²) in [5.74, 6) is 1.96. The minimum absolute atomic E-state index is 0.141. The first-order valence-electron chi connectivity index (χ1n) is 7.33. The minimum Gasteiger partial charge on any atom is -0.371 e. The quantitative estimate of drug-likeness (QED) is 0.887. The summed E-state index contributed by atoms with van der Waals surface area (Å²) < 4.78 is 10.8. The summed E-state index contributed by atoms with van der Waals surface area (Å²) in [6.45, 7) is 6.75. The van der Waals surface area contributed by atoms with E-state index in [0.717, 1.165) is 31.6 Å². The van der Waals surface area contributed by atoms with Crippen LogP contribution in [0.25, 0.3) is 0 Å². The first-order valence-corrected chi connectivity index (χ1v) is 7.33. The van der Waals surface area contributed by atoms with Gasteiger partial charge in [-0.05, 0) is 45.4 Å². The van der Waals surface area contributed by atoms with Crippen LogP contribution in [0.2, 0.25) is 0 Å². The second-order valence-corrected chi connectivity index (χ2v) is 5.56. The van der Waals surface area contributed by atoms with Gasteiger partial charge in [-0.3, -0.25) is 0 Å². The molecular weight excluding hydrogens is 242 g/mol. The first kappa shape index (κ1) is 14.5. The zero-order valence-electron chi connectivity index (χ0n) is 12.2. The van der Waals surface area contributed by atoms with Gasteiger partial charge >= 0.3 is 0 Å². The van der Waals surface area contributed by atoms with Crippen molar-refractivity contribution < 1.29 is 9.26 Å². The second kappa shape index (κ2) is 6.01. The van der Waals surface area contributed by atoms with Crippen molar-refractivity contribution in [1.29, 1.82) is 0 Å². The Morgan fingerprint density at radius 3 is 2.68 bits per heavy atom. The fraction of sp³-hybridized carbons (Fsp3) is 0.857. The molecule has 0 radical (unpaired) electrons. The van der Waals surface area contributed by atoms with Gasteiger partial charge < -0.3 is 15.0 Å². The third kappa shape index (κ3) is 3.15. The van der Waals surface area contributed by atoms with Gasteiger partial charge in [-0.15, -0.1) is 0 Å². The molecule has 2 rings (SSSR count). The Balaban J connectivity index is 2.05. The van der Waals surface area contributed by atoms with Crippen LogP contribution >= 0.6 is 0 Å². The van der Waals surface area contributed by atoms with Gasteiger partial charge in [0.05, 0.1) is 5.54 Å². The Morgan fingerprint density at radius 1 is 1.42 bits per heavy atom. The molecule has 1 aromatic rings. The highest BCUT2D eigenvalue weighted by atomic mass is 16.5. The SMILES string of the molecule is CCOC(C)c1noc(C2(N)CCC(CC)CC2)n1. The van der Waals surface area contributed by atoms with Crippen molar-refractivity contribution in [2.24, 2.45) is 11.7 Å². The van der Waals surface area contributed by atoms with Crippen molar-refractivity contribution in [2.75, 3.05) is 6.61 Å². The van der Waals surface area contributed by atoms with Gasteiger partial charge in [-0.1, -0.05) is 18.5 Å². The molecule has 5 nitrogen and oxygen atoms in total. The molecule has 0 aliphatic heterocycles. The van der Waals surface area contributed by atoms with E-state index in [-0.39, 0.29) is 6.10 Å². The summed E-state index contributed by atoms with van der Waals surface area (Å²) in [6.07, 6.45) is 5.23. The lowest BCUT2D eigenvalue weighted by molar-refractivity contribution is 0.0683. The van der Waals surface area contributed by atoms with Crippen molar-refractivity contribution in [1.82, 2.24) is 10.1 Å². The molecule has 0 saturated heterocycles. The van der Waals surface area contributed by atoms with E-state index < -0.39 is 5.54 Å². The topological polar surface area (TPSA) is 74.2 Å². The predicted octanol–water partition coefficient (Wildman–Crippen LogP) is 2.92. The number of hydrogen-bond donors (Lipinski definition) is 1. The standard InChI is InChI=1S/C14H25N3O2/c1-4-11-6-8-14(15,9-7-11)13-16-12(17-19-13)10(3)18-5-2/h10-11H,4-9,15H2,1-3H3. The van der Waals surface area contributed by atoms with E-state index in [2.05, 4.69) is 17.1 Å². The molecule has 108 valence electrons. The highest BCUT2D eigenvalue weighted by Gasteiger charge is 2.38. The minimum atomic E-state index is -0.442. The van der Waals surface area contributed by atoms with Gasteiger partial charge in [0, 0.05) is 6.61 Å². The summed E-state index contributed by atoms with van der Waals surface area (Å²) >= 11 is 0. The van der Waals surface area contributed by atoms with Gasteiger partial charge in [0.2, 0.25) is 5.89 Å². The van der Waals surface area contributed by atoms with Gasteiger partial charge in [-0.2, -0.15) is 4.98 Å². The Morgan fingerprint density at radius 2 is 2.11 bits per heavy atom. The van der Waals surface area contributed by atoms with Crippen molar-refractivity contribution in [2.45, 2.75) is 64.5 Å². The lowest BCUT2D eigenvalue weighted by Crippen LogP contribution is -2.40. The molecule has 5 heteroatoms. The summed E-state index contributed by atoms with van der Waals surface area (Å²) in [6, 6.07) is 0. The Labute approximate surface area is 114 Å². The van der Waals surface area contributed by atoms with Crippen LogP contribution in [-0.2, 0) is 10.3 Å². The number of ether oxygens (including phenoxy) is 1. The molecule has 1 saturated carbocycles. The second-order valence-electron chi connectivity index (χ2n) is 5.56. The van der Waals surface area contributed by atoms with Crippen LogP contribution < -0.4 is 5.73 Å². The molecule has 1 aromatic heterocycles. The van der Waals surface area contributed by atoms with E-state index in [9.17, 15) is 0 Å². The van der Waals surface area contributed by atoms with Crippen molar-refractivity contribution >= 4 is 0 Å². The third-order valence-electron chi connectivity index (χ3n) is 4.22. The maximum Gasteiger partial charge on any atom is 0.246 e. The lowest BCUT2D eigenvalue weighted by Gasteiger charge is -2.33. The van der Waals surface area contributed by atoms with E-state index in [0.29, 0.717) is 18.3 Å². The summed E-state index contributed by atoms with van der Waals surface area (Å²) in [7, 11) is 0. The van der Waals surface area contributed by atoms with Gasteiger partial charge in [0.1, 0.15) is 6.10 Å². The molecule has 0 bridgehead atoms. The van der Waals surface area contributed by atoms with Crippen LogP contribution in [0.15, 0.2) is 4.52 Å². The van der Waals surface area contributed by atoms with Crippen LogP contribution in [-0.4, -0.2) is 16.7 Å². The Hall–Kier alpha value is -0.940. The van der Waals surface area contributed by atoms with Gasteiger partial charge in [0.15, 0.2) is 5.82 Å². The monoisotopic (exact) mass is 267 g/mol. The van der Waals surface area contributed by atoms with Crippen LogP contribution in [0.3, 0.4) is 0 Å². The van der Waals surface area contributed by atoms with Gasteiger partial charge in [0.25, 0.3) is 0 Å². The lowest BCUT2D eigenvalue weighted by atomic mass is 9.76. The molecule has 1 aliphatic rings. The van der Waals surface area contributed by atoms with E-state index in [4.69, 9.17) is 15.0 Å². The molecule has 19 heavy (non-hydrogen) atoms. The Bertz CT molecular complexity index is 397. The largest absolute Gasteiger partial charge is 0.371 e.